The number of benzene rings is 1. The van der Waals surface area contributed by atoms with E-state index in [1.54, 1.807) is 13.8 Å². The van der Waals surface area contributed by atoms with Crippen molar-refractivity contribution in [2.75, 3.05) is 19.5 Å². The molecule has 0 fully saturated rings. The molecule has 0 spiro atoms. The lowest BCUT2D eigenvalue weighted by molar-refractivity contribution is -0.385. The van der Waals surface area contributed by atoms with Crippen molar-refractivity contribution in [3.63, 3.8) is 0 Å². The van der Waals surface area contributed by atoms with Crippen molar-refractivity contribution in [3.8, 4) is 0 Å². The molecule has 19 heavy (non-hydrogen) atoms. The van der Waals surface area contributed by atoms with Gasteiger partial charge >= 0.3 is 0 Å². The fraction of sp³-hybridized carbons (Fsp3) is 0.417. The van der Waals surface area contributed by atoms with Crippen molar-refractivity contribution in [1.29, 1.82) is 0 Å². The normalized spacial score (nSPS) is 11.1. The first-order chi connectivity index (χ1) is 8.76. The largest absolute Gasteiger partial charge is 0.399 e. The van der Waals surface area contributed by atoms with Gasteiger partial charge in [-0.2, -0.15) is 0 Å². The molecule has 1 amide bonds. The van der Waals surface area contributed by atoms with Crippen molar-refractivity contribution in [3.05, 3.63) is 33.9 Å². The van der Waals surface area contributed by atoms with Gasteiger partial charge in [0, 0.05) is 18.9 Å². The van der Waals surface area contributed by atoms with Crippen LogP contribution >= 0.6 is 0 Å². The number of anilines is 1. The van der Waals surface area contributed by atoms with Crippen LogP contribution in [0.2, 0.25) is 0 Å². The van der Waals surface area contributed by atoms with E-state index in [2.05, 4.69) is 5.32 Å². The molecule has 0 heterocycles. The number of carbonyl (C=O) groups is 1. The first kappa shape index (κ1) is 14.9. The van der Waals surface area contributed by atoms with Crippen LogP contribution in [0.3, 0.4) is 0 Å². The van der Waals surface area contributed by atoms with Crippen molar-refractivity contribution in [1.82, 2.24) is 5.32 Å². The molecule has 0 atom stereocenters. The average Bonchev–Trinajstić information content (AvgIpc) is 2.27. The highest BCUT2D eigenvalue weighted by molar-refractivity contribution is 5.99. The highest BCUT2D eigenvalue weighted by atomic mass is 16.6. The number of carbonyl (C=O) groups excluding carboxylic acids is 1. The molecule has 0 aliphatic heterocycles. The van der Waals surface area contributed by atoms with Crippen LogP contribution in [-0.4, -0.2) is 30.1 Å². The number of rotatable bonds is 5. The first-order valence-corrected chi connectivity index (χ1v) is 5.62. The Hall–Kier alpha value is -2.15. The highest BCUT2D eigenvalue weighted by Gasteiger charge is 2.26. The summed E-state index contributed by atoms with van der Waals surface area (Å²) in [6, 6.07) is 3.89. The summed E-state index contributed by atoms with van der Waals surface area (Å²) in [5.41, 5.74) is 4.88. The minimum absolute atomic E-state index is 0.0609. The lowest BCUT2D eigenvalue weighted by Crippen LogP contribution is -2.46. The molecule has 0 aromatic heterocycles. The molecule has 1 aromatic carbocycles. The highest BCUT2D eigenvalue weighted by Crippen LogP contribution is 2.21. The lowest BCUT2D eigenvalue weighted by atomic mass is 10.1. The van der Waals surface area contributed by atoms with Gasteiger partial charge in [0.1, 0.15) is 5.56 Å². The third kappa shape index (κ3) is 3.92. The molecule has 0 saturated heterocycles. The van der Waals surface area contributed by atoms with E-state index >= 15 is 0 Å². The Kier molecular flexibility index (Phi) is 4.44. The number of nitro groups is 1. The van der Waals surface area contributed by atoms with Crippen LogP contribution in [0.1, 0.15) is 24.2 Å². The molecular formula is C12H17N3O4. The standard InChI is InChI=1S/C12H17N3O4/c1-12(2,7-19-3)14-11(16)9-6-8(13)4-5-10(9)15(17)18/h4-6H,7,13H2,1-3H3,(H,14,16). The van der Waals surface area contributed by atoms with Gasteiger partial charge in [0.15, 0.2) is 0 Å². The van der Waals surface area contributed by atoms with E-state index in [4.69, 9.17) is 10.5 Å². The van der Waals surface area contributed by atoms with Crippen LogP contribution in [0, 0.1) is 10.1 Å². The number of nitrogens with one attached hydrogen (secondary N) is 1. The van der Waals surface area contributed by atoms with Crippen molar-refractivity contribution in [2.24, 2.45) is 0 Å². The molecule has 0 aliphatic rings. The number of hydrogen-bond donors (Lipinski definition) is 2. The number of nitrogen functional groups attached to an aromatic ring is 1. The number of methoxy groups -OCH3 is 1. The Labute approximate surface area is 110 Å². The van der Waals surface area contributed by atoms with Crippen LogP contribution in [0.15, 0.2) is 18.2 Å². The molecule has 0 unspecified atom stereocenters. The Morgan fingerprint density at radius 1 is 1.53 bits per heavy atom. The number of nitro benzene ring substituents is 1. The van der Waals surface area contributed by atoms with Gasteiger partial charge in [0.05, 0.1) is 17.1 Å². The predicted octanol–water partition coefficient (Wildman–Crippen LogP) is 1.33. The first-order valence-electron chi connectivity index (χ1n) is 5.62. The molecule has 0 bridgehead atoms. The Morgan fingerprint density at radius 3 is 2.68 bits per heavy atom. The van der Waals surface area contributed by atoms with Gasteiger partial charge in [-0.1, -0.05) is 0 Å². The summed E-state index contributed by atoms with van der Waals surface area (Å²) in [6.45, 7) is 3.80. The summed E-state index contributed by atoms with van der Waals surface area (Å²) in [7, 11) is 1.51. The zero-order valence-corrected chi connectivity index (χ0v) is 11.1. The average molecular weight is 267 g/mol. The SMILES string of the molecule is COCC(C)(C)NC(=O)c1cc(N)ccc1[N+](=O)[O-]. The maximum absolute atomic E-state index is 12.1. The lowest BCUT2D eigenvalue weighted by Gasteiger charge is -2.25. The predicted molar refractivity (Wildman–Crippen MR) is 70.9 cm³/mol. The second-order valence-electron chi connectivity index (χ2n) is 4.80. The molecule has 0 radical (unpaired) electrons. The number of nitrogens with two attached hydrogens (primary N) is 1. The molecule has 1 rings (SSSR count). The number of amides is 1. The third-order valence-corrected chi connectivity index (χ3v) is 2.42. The van der Waals surface area contributed by atoms with E-state index in [-0.39, 0.29) is 17.9 Å². The maximum atomic E-state index is 12.1. The molecule has 104 valence electrons. The summed E-state index contributed by atoms with van der Waals surface area (Å²) in [5.74, 6) is -0.555. The van der Waals surface area contributed by atoms with Gasteiger partial charge in [-0.25, -0.2) is 0 Å². The second kappa shape index (κ2) is 5.66. The summed E-state index contributed by atoms with van der Waals surface area (Å²) in [4.78, 5) is 22.4. The summed E-state index contributed by atoms with van der Waals surface area (Å²) < 4.78 is 4.97. The zero-order valence-electron chi connectivity index (χ0n) is 11.1. The monoisotopic (exact) mass is 267 g/mol. The maximum Gasteiger partial charge on any atom is 0.282 e. The molecule has 3 N–H and O–H groups in total. The van der Waals surface area contributed by atoms with E-state index in [0.29, 0.717) is 5.69 Å². The minimum atomic E-state index is -0.635. The second-order valence-corrected chi connectivity index (χ2v) is 4.80. The van der Waals surface area contributed by atoms with Gasteiger partial charge in [0.2, 0.25) is 0 Å². The van der Waals surface area contributed by atoms with Crippen molar-refractivity contribution < 1.29 is 14.5 Å². The zero-order chi connectivity index (χ0) is 14.6. The molecule has 7 nitrogen and oxygen atoms in total. The van der Waals surface area contributed by atoms with Crippen LogP contribution in [0.4, 0.5) is 11.4 Å². The quantitative estimate of drug-likeness (QED) is 0.475. The third-order valence-electron chi connectivity index (χ3n) is 2.42. The molecule has 7 heteroatoms. The van der Waals surface area contributed by atoms with Gasteiger partial charge in [0.25, 0.3) is 11.6 Å². The number of nitrogens with zero attached hydrogens (tertiary/aromatic N) is 1. The van der Waals surface area contributed by atoms with Gasteiger partial charge in [-0.15, -0.1) is 0 Å². The Balaban J connectivity index is 3.05. The fourth-order valence-electron chi connectivity index (χ4n) is 1.67. The molecule has 0 aliphatic carbocycles. The molecular weight excluding hydrogens is 250 g/mol. The van der Waals surface area contributed by atoms with Crippen molar-refractivity contribution in [2.45, 2.75) is 19.4 Å². The van der Waals surface area contributed by atoms with E-state index in [9.17, 15) is 14.9 Å². The summed E-state index contributed by atoms with van der Waals surface area (Å²) >= 11 is 0. The topological polar surface area (TPSA) is 107 Å². The fourth-order valence-corrected chi connectivity index (χ4v) is 1.67. The minimum Gasteiger partial charge on any atom is -0.399 e. The molecule has 0 saturated carbocycles. The molecule has 1 aromatic rings. The van der Waals surface area contributed by atoms with E-state index in [1.807, 2.05) is 0 Å². The summed E-state index contributed by atoms with van der Waals surface area (Å²) in [5, 5.41) is 13.6. The van der Waals surface area contributed by atoms with E-state index < -0.39 is 16.4 Å². The van der Waals surface area contributed by atoms with Crippen LogP contribution in [0.5, 0.6) is 0 Å². The summed E-state index contributed by atoms with van der Waals surface area (Å²) in [6.07, 6.45) is 0. The van der Waals surface area contributed by atoms with Gasteiger partial charge < -0.3 is 15.8 Å². The van der Waals surface area contributed by atoms with Gasteiger partial charge in [-0.05, 0) is 26.0 Å². The smallest absolute Gasteiger partial charge is 0.282 e. The van der Waals surface area contributed by atoms with Crippen LogP contribution in [0.25, 0.3) is 0 Å². The van der Waals surface area contributed by atoms with E-state index in [0.717, 1.165) is 0 Å². The number of ether oxygens (including phenoxy) is 1. The Bertz CT molecular complexity index is 500. The van der Waals surface area contributed by atoms with E-state index in [1.165, 1.54) is 25.3 Å². The Morgan fingerprint density at radius 2 is 2.16 bits per heavy atom. The number of hydrogen-bond acceptors (Lipinski definition) is 5. The van der Waals surface area contributed by atoms with Crippen LogP contribution in [-0.2, 0) is 4.74 Å². The van der Waals surface area contributed by atoms with Crippen LogP contribution < -0.4 is 11.1 Å². The van der Waals surface area contributed by atoms with Gasteiger partial charge in [-0.3, -0.25) is 14.9 Å². The van der Waals surface area contributed by atoms with Crippen molar-refractivity contribution >= 4 is 17.3 Å².